The van der Waals surface area contributed by atoms with Crippen LogP contribution in [0.4, 0.5) is 0 Å². The molecule has 1 atom stereocenters. The van der Waals surface area contributed by atoms with Gasteiger partial charge in [0.05, 0.1) is 6.26 Å². The van der Waals surface area contributed by atoms with Gasteiger partial charge in [-0.05, 0) is 18.2 Å². The quantitative estimate of drug-likeness (QED) is 0.791. The van der Waals surface area contributed by atoms with Crippen LogP contribution < -0.4 is 0 Å². The summed E-state index contributed by atoms with van der Waals surface area (Å²) >= 11 is 3.41. The van der Waals surface area contributed by atoms with Crippen molar-refractivity contribution in [1.82, 2.24) is 14.2 Å². The van der Waals surface area contributed by atoms with E-state index < -0.39 is 22.0 Å². The minimum atomic E-state index is -3.24. The minimum Gasteiger partial charge on any atom is -0.480 e. The second kappa shape index (κ2) is 6.47. The van der Waals surface area contributed by atoms with Crippen LogP contribution in [0.1, 0.15) is 11.6 Å². The first kappa shape index (κ1) is 17.4. The van der Waals surface area contributed by atoms with Gasteiger partial charge in [0.2, 0.25) is 10.0 Å². The Bertz CT molecular complexity index is 872. The maximum absolute atomic E-state index is 11.9. The summed E-state index contributed by atoms with van der Waals surface area (Å²) in [4.78, 5) is 16.8. The number of halogens is 1. The van der Waals surface area contributed by atoms with Crippen molar-refractivity contribution < 1.29 is 18.3 Å². The van der Waals surface area contributed by atoms with Crippen molar-refractivity contribution in [2.75, 3.05) is 32.4 Å². The van der Waals surface area contributed by atoms with Crippen molar-refractivity contribution in [2.24, 2.45) is 0 Å². The normalized spacial score (nSPS) is 18.8. The van der Waals surface area contributed by atoms with Crippen molar-refractivity contribution >= 4 is 42.8 Å². The summed E-state index contributed by atoms with van der Waals surface area (Å²) in [6.07, 6.45) is 2.90. The largest absolute Gasteiger partial charge is 0.480 e. The third kappa shape index (κ3) is 3.34. The van der Waals surface area contributed by atoms with Crippen LogP contribution in [0.15, 0.2) is 28.9 Å². The van der Waals surface area contributed by atoms with E-state index in [1.165, 1.54) is 10.6 Å². The van der Waals surface area contributed by atoms with E-state index >= 15 is 0 Å². The Morgan fingerprint density at radius 3 is 2.54 bits per heavy atom. The molecule has 1 aromatic carbocycles. The fourth-order valence-electron chi connectivity index (χ4n) is 3.12. The number of piperazine rings is 1. The molecule has 24 heavy (non-hydrogen) atoms. The smallest absolute Gasteiger partial charge is 0.325 e. The Kier molecular flexibility index (Phi) is 4.69. The molecule has 130 valence electrons. The fourth-order valence-corrected chi connectivity index (χ4v) is 4.31. The summed E-state index contributed by atoms with van der Waals surface area (Å²) in [6.45, 7) is 1.36. The molecule has 7 nitrogen and oxygen atoms in total. The van der Waals surface area contributed by atoms with Crippen molar-refractivity contribution in [3.63, 3.8) is 0 Å². The summed E-state index contributed by atoms with van der Waals surface area (Å²) in [6, 6.07) is 4.87. The van der Waals surface area contributed by atoms with Crippen LogP contribution in [-0.2, 0) is 14.8 Å². The molecule has 0 bridgehead atoms. The average Bonchev–Trinajstić information content (AvgIpc) is 2.90. The highest BCUT2D eigenvalue weighted by Gasteiger charge is 2.33. The molecule has 0 amide bonds. The molecule has 1 aromatic heterocycles. The van der Waals surface area contributed by atoms with Gasteiger partial charge in [0.15, 0.2) is 0 Å². The number of hydrogen-bond donors (Lipinski definition) is 2. The van der Waals surface area contributed by atoms with Crippen LogP contribution in [0.2, 0.25) is 0 Å². The third-order valence-corrected chi connectivity index (χ3v) is 6.11. The van der Waals surface area contributed by atoms with Crippen LogP contribution in [0.5, 0.6) is 0 Å². The number of carboxylic acids is 1. The first-order chi connectivity index (χ1) is 11.3. The number of benzene rings is 1. The average molecular weight is 416 g/mol. The van der Waals surface area contributed by atoms with Gasteiger partial charge in [-0.25, -0.2) is 8.42 Å². The molecule has 1 unspecified atom stereocenters. The van der Waals surface area contributed by atoms with Crippen LogP contribution in [0.3, 0.4) is 0 Å². The van der Waals surface area contributed by atoms with E-state index in [2.05, 4.69) is 20.9 Å². The topological polar surface area (TPSA) is 93.7 Å². The van der Waals surface area contributed by atoms with E-state index in [1.54, 1.807) is 6.20 Å². The highest BCUT2D eigenvalue weighted by atomic mass is 79.9. The van der Waals surface area contributed by atoms with Crippen molar-refractivity contribution in [3.8, 4) is 0 Å². The van der Waals surface area contributed by atoms with E-state index in [1.807, 2.05) is 23.1 Å². The monoisotopic (exact) mass is 415 g/mol. The summed E-state index contributed by atoms with van der Waals surface area (Å²) < 4.78 is 25.5. The van der Waals surface area contributed by atoms with Gasteiger partial charge in [-0.3, -0.25) is 9.69 Å². The van der Waals surface area contributed by atoms with Gasteiger partial charge in [0.25, 0.3) is 0 Å². The standard InChI is InChI=1S/C15H18BrN3O4S/c1-24(22,23)19-6-4-18(5-7-19)14(15(20)21)12-9-17-13-3-2-10(16)8-11(12)13/h2-3,8-9,14,17H,4-7H2,1H3,(H,20,21). The minimum absolute atomic E-state index is 0.300. The number of aliphatic carboxylic acids is 1. The predicted molar refractivity (Wildman–Crippen MR) is 94.4 cm³/mol. The number of rotatable bonds is 4. The van der Waals surface area contributed by atoms with E-state index in [4.69, 9.17) is 0 Å². The zero-order chi connectivity index (χ0) is 17.5. The van der Waals surface area contributed by atoms with Crippen LogP contribution >= 0.6 is 15.9 Å². The van der Waals surface area contributed by atoms with Gasteiger partial charge in [0.1, 0.15) is 6.04 Å². The number of carbonyl (C=O) groups is 1. The number of fused-ring (bicyclic) bond motifs is 1. The van der Waals surface area contributed by atoms with Crippen LogP contribution in [0, 0.1) is 0 Å². The highest BCUT2D eigenvalue weighted by Crippen LogP contribution is 2.31. The SMILES string of the molecule is CS(=O)(=O)N1CCN(C(C(=O)O)c2c[nH]c3ccc(Br)cc23)CC1. The van der Waals surface area contributed by atoms with Gasteiger partial charge in [-0.2, -0.15) is 4.31 Å². The molecular weight excluding hydrogens is 398 g/mol. The predicted octanol–water partition coefficient (Wildman–Crippen LogP) is 1.63. The lowest BCUT2D eigenvalue weighted by molar-refractivity contribution is -0.144. The van der Waals surface area contributed by atoms with Crippen LogP contribution in [-0.4, -0.2) is 66.1 Å². The Morgan fingerprint density at radius 1 is 1.29 bits per heavy atom. The molecule has 2 N–H and O–H groups in total. The molecule has 1 saturated heterocycles. The summed E-state index contributed by atoms with van der Waals surface area (Å²) in [7, 11) is -3.24. The molecule has 0 spiro atoms. The number of nitrogens with zero attached hydrogens (tertiary/aromatic N) is 2. The Labute approximate surface area is 148 Å². The Morgan fingerprint density at radius 2 is 1.96 bits per heavy atom. The number of hydrogen-bond acceptors (Lipinski definition) is 4. The highest BCUT2D eigenvalue weighted by molar-refractivity contribution is 9.10. The molecule has 2 aromatic rings. The molecule has 1 fully saturated rings. The molecule has 9 heteroatoms. The zero-order valence-corrected chi connectivity index (χ0v) is 15.5. The maximum atomic E-state index is 11.9. The molecule has 0 saturated carbocycles. The first-order valence-corrected chi connectivity index (χ1v) is 10.1. The van der Waals surface area contributed by atoms with E-state index in [-0.39, 0.29) is 0 Å². The van der Waals surface area contributed by atoms with Gasteiger partial charge >= 0.3 is 5.97 Å². The van der Waals surface area contributed by atoms with Gasteiger partial charge in [-0.1, -0.05) is 15.9 Å². The molecule has 1 aliphatic heterocycles. The molecule has 0 radical (unpaired) electrons. The fraction of sp³-hybridized carbons (Fsp3) is 0.400. The third-order valence-electron chi connectivity index (χ3n) is 4.31. The van der Waals surface area contributed by atoms with Crippen molar-refractivity contribution in [1.29, 1.82) is 0 Å². The summed E-state index contributed by atoms with van der Waals surface area (Å²) in [5.74, 6) is -0.941. The van der Waals surface area contributed by atoms with Crippen molar-refractivity contribution in [3.05, 3.63) is 34.4 Å². The molecule has 0 aliphatic carbocycles. The van der Waals surface area contributed by atoms with E-state index in [0.29, 0.717) is 31.7 Å². The van der Waals surface area contributed by atoms with Gasteiger partial charge < -0.3 is 10.1 Å². The lowest BCUT2D eigenvalue weighted by atomic mass is 10.0. The second-order valence-corrected chi connectivity index (χ2v) is 8.77. The summed E-state index contributed by atoms with van der Waals surface area (Å²) in [5, 5.41) is 10.6. The molecule has 3 rings (SSSR count). The lowest BCUT2D eigenvalue weighted by Crippen LogP contribution is -2.50. The number of carboxylic acid groups (broad SMARTS) is 1. The van der Waals surface area contributed by atoms with Crippen molar-refractivity contribution in [2.45, 2.75) is 6.04 Å². The Hall–Kier alpha value is -1.42. The number of aromatic nitrogens is 1. The molecule has 2 heterocycles. The van der Waals surface area contributed by atoms with Crippen LogP contribution in [0.25, 0.3) is 10.9 Å². The molecular formula is C15H18BrN3O4S. The first-order valence-electron chi connectivity index (χ1n) is 7.46. The van der Waals surface area contributed by atoms with E-state index in [9.17, 15) is 18.3 Å². The molecule has 1 aliphatic rings. The summed E-state index contributed by atoms with van der Waals surface area (Å²) in [5.41, 5.74) is 1.56. The Balaban J connectivity index is 1.91. The number of aromatic amines is 1. The number of sulfonamides is 1. The second-order valence-electron chi connectivity index (χ2n) is 5.87. The maximum Gasteiger partial charge on any atom is 0.325 e. The number of H-pyrrole nitrogens is 1. The number of nitrogens with one attached hydrogen (secondary N) is 1. The van der Waals surface area contributed by atoms with Gasteiger partial charge in [0, 0.05) is 53.3 Å². The zero-order valence-electron chi connectivity index (χ0n) is 13.1. The lowest BCUT2D eigenvalue weighted by Gasteiger charge is -2.36. The van der Waals surface area contributed by atoms with E-state index in [0.717, 1.165) is 15.4 Å². The van der Waals surface area contributed by atoms with Gasteiger partial charge in [-0.15, -0.1) is 0 Å².